The third-order valence-electron chi connectivity index (χ3n) is 2.51. The number of hydrogen-bond donors (Lipinski definition) is 1. The Morgan fingerprint density at radius 1 is 1.18 bits per heavy atom. The summed E-state index contributed by atoms with van der Waals surface area (Å²) >= 11 is 0. The van der Waals surface area contributed by atoms with E-state index in [0.29, 0.717) is 11.5 Å². The van der Waals surface area contributed by atoms with Gasteiger partial charge in [0.2, 0.25) is 0 Å². The Hall–Kier alpha value is -2.34. The van der Waals surface area contributed by atoms with E-state index in [1.54, 1.807) is 6.07 Å². The Morgan fingerprint density at radius 3 is 2.71 bits per heavy atom. The Balaban J connectivity index is 2.28. The van der Waals surface area contributed by atoms with Gasteiger partial charge in [0.05, 0.1) is 0 Å². The Labute approximate surface area is 101 Å². The molecule has 0 radical (unpaired) electrons. The van der Waals surface area contributed by atoms with E-state index in [0.717, 1.165) is 11.3 Å². The lowest BCUT2D eigenvalue weighted by molar-refractivity contribution is 1.25. The van der Waals surface area contributed by atoms with Crippen LogP contribution >= 0.6 is 0 Å². The highest BCUT2D eigenvalue weighted by molar-refractivity contribution is 5.61. The molecule has 0 saturated heterocycles. The first-order valence-electron chi connectivity index (χ1n) is 5.40. The zero-order chi connectivity index (χ0) is 12.3. The van der Waals surface area contributed by atoms with E-state index < -0.39 is 0 Å². The molecule has 0 spiro atoms. The summed E-state index contributed by atoms with van der Waals surface area (Å²) in [7, 11) is 0. The van der Waals surface area contributed by atoms with E-state index in [-0.39, 0.29) is 0 Å². The first-order valence-corrected chi connectivity index (χ1v) is 5.40. The van der Waals surface area contributed by atoms with Crippen molar-refractivity contribution in [2.24, 2.45) is 0 Å². The van der Waals surface area contributed by atoms with Gasteiger partial charge in [-0.1, -0.05) is 23.8 Å². The molecular weight excluding hydrogens is 210 g/mol. The van der Waals surface area contributed by atoms with Crippen LogP contribution in [0.1, 0.15) is 16.8 Å². The van der Waals surface area contributed by atoms with Gasteiger partial charge in [-0.25, -0.2) is 4.98 Å². The highest BCUT2D eigenvalue weighted by Crippen LogP contribution is 2.20. The van der Waals surface area contributed by atoms with Crippen LogP contribution in [0.4, 0.5) is 11.5 Å². The van der Waals surface area contributed by atoms with Gasteiger partial charge in [0.1, 0.15) is 17.6 Å². The molecule has 0 aliphatic rings. The number of anilines is 2. The Kier molecular flexibility index (Phi) is 3.06. The van der Waals surface area contributed by atoms with Crippen molar-refractivity contribution in [2.75, 3.05) is 5.32 Å². The molecular formula is C14H13N3. The monoisotopic (exact) mass is 223 g/mol. The first-order chi connectivity index (χ1) is 8.19. The summed E-state index contributed by atoms with van der Waals surface area (Å²) in [4.78, 5) is 4.18. The average molecular weight is 223 g/mol. The molecule has 84 valence electrons. The zero-order valence-corrected chi connectivity index (χ0v) is 9.86. The smallest absolute Gasteiger partial charge is 0.142 e. The van der Waals surface area contributed by atoms with Crippen LogP contribution in [0.5, 0.6) is 0 Å². The fourth-order valence-corrected chi connectivity index (χ4v) is 1.66. The number of nitrogens with zero attached hydrogens (tertiary/aromatic N) is 2. The molecule has 0 aliphatic carbocycles. The fourth-order valence-electron chi connectivity index (χ4n) is 1.66. The highest BCUT2D eigenvalue weighted by Gasteiger charge is 2.01. The molecule has 0 fully saturated rings. The van der Waals surface area contributed by atoms with Crippen molar-refractivity contribution in [3.63, 3.8) is 0 Å². The van der Waals surface area contributed by atoms with E-state index >= 15 is 0 Å². The molecule has 0 atom stereocenters. The number of nitriles is 1. The van der Waals surface area contributed by atoms with Crippen LogP contribution in [0, 0.1) is 25.2 Å². The van der Waals surface area contributed by atoms with E-state index in [9.17, 15) is 0 Å². The number of benzene rings is 1. The number of nitrogens with one attached hydrogen (secondary N) is 1. The predicted octanol–water partition coefficient (Wildman–Crippen LogP) is 3.31. The summed E-state index contributed by atoms with van der Waals surface area (Å²) < 4.78 is 0. The van der Waals surface area contributed by atoms with Crippen LogP contribution in [-0.4, -0.2) is 4.98 Å². The predicted molar refractivity (Wildman–Crippen MR) is 68.2 cm³/mol. The molecule has 0 aliphatic heterocycles. The van der Waals surface area contributed by atoms with Gasteiger partial charge in [0.25, 0.3) is 0 Å². The second-order valence-electron chi connectivity index (χ2n) is 3.96. The second-order valence-corrected chi connectivity index (χ2v) is 3.96. The SMILES string of the molecule is Cc1ccc(Nc2cccc(C#N)n2)c(C)c1. The second kappa shape index (κ2) is 4.67. The highest BCUT2D eigenvalue weighted by atomic mass is 15.0. The van der Waals surface area contributed by atoms with E-state index in [2.05, 4.69) is 23.3 Å². The van der Waals surface area contributed by atoms with Crippen molar-refractivity contribution in [1.29, 1.82) is 5.26 Å². The number of rotatable bonds is 2. The van der Waals surface area contributed by atoms with Crippen molar-refractivity contribution >= 4 is 11.5 Å². The van der Waals surface area contributed by atoms with Crippen molar-refractivity contribution in [3.8, 4) is 6.07 Å². The van der Waals surface area contributed by atoms with Gasteiger partial charge >= 0.3 is 0 Å². The minimum Gasteiger partial charge on any atom is -0.340 e. The maximum absolute atomic E-state index is 8.78. The number of aromatic nitrogens is 1. The molecule has 1 aromatic carbocycles. The van der Waals surface area contributed by atoms with Crippen LogP contribution in [-0.2, 0) is 0 Å². The summed E-state index contributed by atoms with van der Waals surface area (Å²) in [6, 6.07) is 13.5. The zero-order valence-electron chi connectivity index (χ0n) is 9.86. The third kappa shape index (κ3) is 2.61. The van der Waals surface area contributed by atoms with Crippen LogP contribution in [0.2, 0.25) is 0 Å². The topological polar surface area (TPSA) is 48.7 Å². The van der Waals surface area contributed by atoms with Crippen molar-refractivity contribution in [1.82, 2.24) is 4.98 Å². The lowest BCUT2D eigenvalue weighted by Gasteiger charge is -2.09. The van der Waals surface area contributed by atoms with Gasteiger partial charge in [-0.05, 0) is 37.6 Å². The molecule has 0 bridgehead atoms. The van der Waals surface area contributed by atoms with Gasteiger partial charge in [-0.15, -0.1) is 0 Å². The van der Waals surface area contributed by atoms with Crippen LogP contribution in [0.15, 0.2) is 36.4 Å². The lowest BCUT2D eigenvalue weighted by Crippen LogP contribution is -1.97. The molecule has 2 rings (SSSR count). The van der Waals surface area contributed by atoms with Gasteiger partial charge in [0.15, 0.2) is 0 Å². The van der Waals surface area contributed by atoms with Gasteiger partial charge < -0.3 is 5.32 Å². The van der Waals surface area contributed by atoms with Gasteiger partial charge in [-0.2, -0.15) is 5.26 Å². The van der Waals surface area contributed by atoms with E-state index in [4.69, 9.17) is 5.26 Å². The molecule has 17 heavy (non-hydrogen) atoms. The first kappa shape index (κ1) is 11.2. The van der Waals surface area contributed by atoms with Crippen LogP contribution in [0.3, 0.4) is 0 Å². The Bertz CT molecular complexity index is 582. The largest absolute Gasteiger partial charge is 0.340 e. The summed E-state index contributed by atoms with van der Waals surface area (Å²) in [6.45, 7) is 4.11. The van der Waals surface area contributed by atoms with E-state index in [1.807, 2.05) is 37.3 Å². The summed E-state index contributed by atoms with van der Waals surface area (Å²) in [5.41, 5.74) is 3.82. The molecule has 3 nitrogen and oxygen atoms in total. The molecule has 2 aromatic rings. The molecule has 3 heteroatoms. The third-order valence-corrected chi connectivity index (χ3v) is 2.51. The maximum Gasteiger partial charge on any atom is 0.142 e. The maximum atomic E-state index is 8.78. The van der Waals surface area contributed by atoms with Gasteiger partial charge in [-0.3, -0.25) is 0 Å². The quantitative estimate of drug-likeness (QED) is 0.849. The molecule has 0 unspecified atom stereocenters. The van der Waals surface area contributed by atoms with Crippen molar-refractivity contribution in [3.05, 3.63) is 53.2 Å². The molecule has 1 heterocycles. The summed E-state index contributed by atoms with van der Waals surface area (Å²) in [6.07, 6.45) is 0. The van der Waals surface area contributed by atoms with Crippen LogP contribution < -0.4 is 5.32 Å². The van der Waals surface area contributed by atoms with E-state index in [1.165, 1.54) is 5.56 Å². The number of pyridine rings is 1. The number of hydrogen-bond acceptors (Lipinski definition) is 3. The molecule has 0 amide bonds. The summed E-state index contributed by atoms with van der Waals surface area (Å²) in [5.74, 6) is 0.691. The molecule has 0 saturated carbocycles. The van der Waals surface area contributed by atoms with Crippen molar-refractivity contribution < 1.29 is 0 Å². The Morgan fingerprint density at radius 2 is 2.00 bits per heavy atom. The number of aryl methyl sites for hydroxylation is 2. The minimum absolute atomic E-state index is 0.416. The average Bonchev–Trinajstić information content (AvgIpc) is 2.33. The minimum atomic E-state index is 0.416. The fraction of sp³-hybridized carbons (Fsp3) is 0.143. The summed E-state index contributed by atoms with van der Waals surface area (Å²) in [5, 5.41) is 12.0. The van der Waals surface area contributed by atoms with Gasteiger partial charge in [0, 0.05) is 5.69 Å². The lowest BCUT2D eigenvalue weighted by atomic mass is 10.1. The van der Waals surface area contributed by atoms with Crippen LogP contribution in [0.25, 0.3) is 0 Å². The molecule has 1 N–H and O–H groups in total. The standard InChI is InChI=1S/C14H13N3/c1-10-6-7-13(11(2)8-10)17-14-5-3-4-12(9-15)16-14/h3-8H,1-2H3,(H,16,17). The molecule has 1 aromatic heterocycles. The van der Waals surface area contributed by atoms with Crippen molar-refractivity contribution in [2.45, 2.75) is 13.8 Å². The normalized spacial score (nSPS) is 9.71.